The largest absolute Gasteiger partial charge is 0.508 e. The van der Waals surface area contributed by atoms with Crippen LogP contribution in [-0.2, 0) is 25.6 Å². The van der Waals surface area contributed by atoms with Gasteiger partial charge in [-0.2, -0.15) is 12.6 Å². The Balaban J connectivity index is 2.96. The summed E-state index contributed by atoms with van der Waals surface area (Å²) < 4.78 is 0. The number of nitrogens with two attached hydrogens (primary N) is 3. The molecule has 5 atom stereocenters. The lowest BCUT2D eigenvalue weighted by atomic mass is 10.0. The van der Waals surface area contributed by atoms with E-state index < -0.39 is 54.0 Å². The van der Waals surface area contributed by atoms with E-state index in [1.807, 2.05) is 0 Å². The zero-order valence-corrected chi connectivity index (χ0v) is 21.2. The second-order valence-corrected chi connectivity index (χ2v) is 8.66. The third-order valence-electron chi connectivity index (χ3n) is 5.21. The van der Waals surface area contributed by atoms with Crippen molar-refractivity contribution in [3.05, 3.63) is 29.8 Å². The summed E-state index contributed by atoms with van der Waals surface area (Å²) in [5.74, 6) is -3.97. The second-order valence-electron chi connectivity index (χ2n) is 8.29. The van der Waals surface area contributed by atoms with Gasteiger partial charge in [-0.3, -0.25) is 19.4 Å². The first-order valence-electron chi connectivity index (χ1n) is 11.4. The molecule has 0 saturated carbocycles. The molecule has 0 saturated heterocycles. The van der Waals surface area contributed by atoms with Gasteiger partial charge in [-0.15, -0.1) is 0 Å². The standard InChI is InChI=1S/C22H35N7O7S/c1-11(30)17(23)20(34)28-15(9-12-4-6-13(31)7-5-12)18(32)29-16(10-37)19(33)27-14(21(35)36)3-2-8-26-22(24)25/h4-7,11,14-17,30-31,37H,2-3,8-10,23H2,1H3,(H,27,33)(H,28,34)(H,29,32)(H,35,36)(H4,24,25,26). The Bertz CT molecular complexity index is 955. The second kappa shape index (κ2) is 15.5. The van der Waals surface area contributed by atoms with Crippen LogP contribution in [0.5, 0.6) is 5.75 Å². The van der Waals surface area contributed by atoms with Crippen molar-refractivity contribution in [2.24, 2.45) is 22.2 Å². The molecule has 206 valence electrons. The minimum Gasteiger partial charge on any atom is -0.508 e. The van der Waals surface area contributed by atoms with Gasteiger partial charge < -0.3 is 48.5 Å². The molecule has 0 radical (unpaired) electrons. The number of nitrogens with one attached hydrogen (secondary N) is 3. The number of phenols is 1. The van der Waals surface area contributed by atoms with Crippen LogP contribution in [0, 0.1) is 0 Å². The molecule has 12 N–H and O–H groups in total. The maximum absolute atomic E-state index is 13.1. The van der Waals surface area contributed by atoms with Gasteiger partial charge in [0.25, 0.3) is 0 Å². The number of carbonyl (C=O) groups excluding carboxylic acids is 3. The monoisotopic (exact) mass is 541 g/mol. The Morgan fingerprint density at radius 1 is 0.973 bits per heavy atom. The highest BCUT2D eigenvalue weighted by Crippen LogP contribution is 2.12. The van der Waals surface area contributed by atoms with E-state index in [4.69, 9.17) is 17.2 Å². The molecule has 0 fully saturated rings. The number of aromatic hydroxyl groups is 1. The molecule has 0 bridgehead atoms. The Kier molecular flexibility index (Phi) is 13.2. The number of thiol groups is 1. The maximum atomic E-state index is 13.1. The Labute approximate surface area is 219 Å². The molecule has 37 heavy (non-hydrogen) atoms. The van der Waals surface area contributed by atoms with E-state index in [0.717, 1.165) is 0 Å². The number of amides is 3. The van der Waals surface area contributed by atoms with Crippen LogP contribution in [0.25, 0.3) is 0 Å². The number of phenolic OH excluding ortho intramolecular Hbond substituents is 1. The molecule has 1 rings (SSSR count). The van der Waals surface area contributed by atoms with E-state index in [2.05, 4.69) is 33.6 Å². The lowest BCUT2D eigenvalue weighted by Crippen LogP contribution is -2.59. The van der Waals surface area contributed by atoms with Crippen molar-refractivity contribution in [2.45, 2.75) is 56.5 Å². The number of carboxylic acids is 1. The van der Waals surface area contributed by atoms with Gasteiger partial charge in [-0.1, -0.05) is 12.1 Å². The molecule has 5 unspecified atom stereocenters. The van der Waals surface area contributed by atoms with Crippen LogP contribution in [0.15, 0.2) is 29.3 Å². The Morgan fingerprint density at radius 2 is 1.51 bits per heavy atom. The van der Waals surface area contributed by atoms with Gasteiger partial charge in [0.15, 0.2) is 5.96 Å². The predicted octanol–water partition coefficient (Wildman–Crippen LogP) is -2.83. The van der Waals surface area contributed by atoms with E-state index >= 15 is 0 Å². The third-order valence-corrected chi connectivity index (χ3v) is 5.57. The number of aliphatic hydroxyl groups excluding tert-OH is 1. The molecular weight excluding hydrogens is 506 g/mol. The summed E-state index contributed by atoms with van der Waals surface area (Å²) in [7, 11) is 0. The Hall–Kier alpha value is -3.56. The zero-order chi connectivity index (χ0) is 28.1. The van der Waals surface area contributed by atoms with Gasteiger partial charge in [-0.05, 0) is 37.5 Å². The fourth-order valence-electron chi connectivity index (χ4n) is 3.06. The number of guanidine groups is 1. The van der Waals surface area contributed by atoms with Crippen molar-refractivity contribution in [3.8, 4) is 5.75 Å². The van der Waals surface area contributed by atoms with E-state index in [9.17, 15) is 34.5 Å². The summed E-state index contributed by atoms with van der Waals surface area (Å²) in [6, 6.07) is 0.852. The van der Waals surface area contributed by atoms with Crippen LogP contribution in [0.2, 0.25) is 0 Å². The molecule has 0 heterocycles. The van der Waals surface area contributed by atoms with Gasteiger partial charge in [0.05, 0.1) is 6.10 Å². The van der Waals surface area contributed by atoms with Crippen molar-refractivity contribution in [1.82, 2.24) is 16.0 Å². The van der Waals surface area contributed by atoms with Gasteiger partial charge >= 0.3 is 5.97 Å². The number of hydrogen-bond donors (Lipinski definition) is 10. The molecule has 14 nitrogen and oxygen atoms in total. The summed E-state index contributed by atoms with van der Waals surface area (Å²) in [5, 5.41) is 35.8. The minimum absolute atomic E-state index is 0.00278. The highest BCUT2D eigenvalue weighted by atomic mass is 32.1. The summed E-state index contributed by atoms with van der Waals surface area (Å²) in [6.45, 7) is 1.48. The first-order chi connectivity index (χ1) is 17.3. The van der Waals surface area contributed by atoms with Crippen LogP contribution in [0.1, 0.15) is 25.3 Å². The first kappa shape index (κ1) is 31.5. The molecular formula is C22H35N7O7S. The number of aliphatic imine (C=N–C) groups is 1. The fourth-order valence-corrected chi connectivity index (χ4v) is 3.32. The quantitative estimate of drug-likeness (QED) is 0.0471. The minimum atomic E-state index is -1.31. The molecule has 3 amide bonds. The molecule has 0 aliphatic heterocycles. The molecule has 15 heteroatoms. The van der Waals surface area contributed by atoms with Crippen LogP contribution >= 0.6 is 12.6 Å². The molecule has 0 aromatic heterocycles. The van der Waals surface area contributed by atoms with Crippen molar-refractivity contribution in [2.75, 3.05) is 12.3 Å². The van der Waals surface area contributed by atoms with Gasteiger partial charge in [0, 0.05) is 18.7 Å². The van der Waals surface area contributed by atoms with Crippen molar-refractivity contribution in [1.29, 1.82) is 0 Å². The van der Waals surface area contributed by atoms with Crippen molar-refractivity contribution < 1.29 is 34.5 Å². The lowest BCUT2D eigenvalue weighted by Gasteiger charge is -2.25. The number of carboxylic acid groups (broad SMARTS) is 1. The zero-order valence-electron chi connectivity index (χ0n) is 20.3. The SMILES string of the molecule is CC(O)C(N)C(=O)NC(Cc1ccc(O)cc1)C(=O)NC(CS)C(=O)NC(CCCN=C(N)N)C(=O)O. The number of carbonyl (C=O) groups is 4. The maximum Gasteiger partial charge on any atom is 0.326 e. The fraction of sp³-hybridized carbons (Fsp3) is 0.500. The topological polar surface area (TPSA) is 255 Å². The van der Waals surface area contributed by atoms with Crippen LogP contribution in [-0.4, -0.2) is 87.5 Å². The molecule has 1 aromatic rings. The molecule has 0 spiro atoms. The number of nitrogens with zero attached hydrogens (tertiary/aromatic N) is 1. The van der Waals surface area contributed by atoms with Crippen LogP contribution in [0.3, 0.4) is 0 Å². The van der Waals surface area contributed by atoms with Crippen LogP contribution in [0.4, 0.5) is 0 Å². The van der Waals surface area contributed by atoms with Crippen LogP contribution < -0.4 is 33.2 Å². The Morgan fingerprint density at radius 3 is 2.03 bits per heavy atom. The van der Waals surface area contributed by atoms with E-state index in [1.54, 1.807) is 12.1 Å². The van der Waals surface area contributed by atoms with E-state index in [1.165, 1.54) is 19.1 Å². The smallest absolute Gasteiger partial charge is 0.326 e. The summed E-state index contributed by atoms with van der Waals surface area (Å²) in [4.78, 5) is 53.5. The lowest BCUT2D eigenvalue weighted by molar-refractivity contribution is -0.142. The normalized spacial score (nSPS) is 14.8. The van der Waals surface area contributed by atoms with Crippen molar-refractivity contribution >= 4 is 42.3 Å². The molecule has 0 aliphatic rings. The molecule has 0 aliphatic carbocycles. The predicted molar refractivity (Wildman–Crippen MR) is 139 cm³/mol. The van der Waals surface area contributed by atoms with Gasteiger partial charge in [-0.25, -0.2) is 4.79 Å². The highest BCUT2D eigenvalue weighted by Gasteiger charge is 2.30. The average molecular weight is 542 g/mol. The number of aliphatic carboxylic acids is 1. The summed E-state index contributed by atoms with van der Waals surface area (Å²) in [6.07, 6.45) is -0.916. The van der Waals surface area contributed by atoms with E-state index in [0.29, 0.717) is 5.56 Å². The third kappa shape index (κ3) is 11.4. The highest BCUT2D eigenvalue weighted by molar-refractivity contribution is 7.80. The molecule has 1 aromatic carbocycles. The number of benzene rings is 1. The van der Waals surface area contributed by atoms with E-state index in [-0.39, 0.29) is 43.3 Å². The summed E-state index contributed by atoms with van der Waals surface area (Å²) in [5.41, 5.74) is 16.7. The van der Waals surface area contributed by atoms with Crippen molar-refractivity contribution in [3.63, 3.8) is 0 Å². The van der Waals surface area contributed by atoms with Gasteiger partial charge in [0.2, 0.25) is 17.7 Å². The number of rotatable bonds is 15. The first-order valence-corrected chi connectivity index (χ1v) is 12.0. The average Bonchev–Trinajstić information content (AvgIpc) is 2.83. The number of hydrogen-bond acceptors (Lipinski definition) is 9. The number of aliphatic hydroxyl groups is 1. The van der Waals surface area contributed by atoms with Gasteiger partial charge in [0.1, 0.15) is 29.9 Å². The summed E-state index contributed by atoms with van der Waals surface area (Å²) >= 11 is 4.08.